The third-order valence-corrected chi connectivity index (χ3v) is 1.17. The first-order valence-electron chi connectivity index (χ1n) is 3.33. The van der Waals surface area contributed by atoms with E-state index in [0.29, 0.717) is 0 Å². The Labute approximate surface area is 71.5 Å². The highest BCUT2D eigenvalue weighted by Crippen LogP contribution is 2.34. The summed E-state index contributed by atoms with van der Waals surface area (Å²) in [5.41, 5.74) is -4.04. The normalized spacial score (nSPS) is 16.5. The molecule has 0 fully saturated rings. The Bertz CT molecular complexity index is 187. The summed E-state index contributed by atoms with van der Waals surface area (Å²) in [5.74, 6) is -2.11. The molecule has 0 N–H and O–H groups in total. The van der Waals surface area contributed by atoms with Gasteiger partial charge in [0.15, 0.2) is 0 Å². The van der Waals surface area contributed by atoms with E-state index >= 15 is 0 Å². The van der Waals surface area contributed by atoms with Crippen molar-refractivity contribution in [3.05, 3.63) is 0 Å². The summed E-state index contributed by atoms with van der Waals surface area (Å²) < 4.78 is 48.0. The number of alkyl halides is 4. The second-order valence-electron chi connectivity index (χ2n) is 2.28. The predicted molar refractivity (Wildman–Crippen MR) is 33.3 cm³/mol. The Hall–Kier alpha value is -0.850. The van der Waals surface area contributed by atoms with Crippen LogP contribution in [0.3, 0.4) is 0 Å². The van der Waals surface area contributed by atoms with Gasteiger partial charge in [0.25, 0.3) is 0 Å². The van der Waals surface area contributed by atoms with Gasteiger partial charge in [-0.1, -0.05) is 0 Å². The van der Waals surface area contributed by atoms with Crippen LogP contribution < -0.4 is 0 Å². The van der Waals surface area contributed by atoms with Crippen molar-refractivity contribution >= 4 is 5.97 Å². The van der Waals surface area contributed by atoms with Gasteiger partial charge < -0.3 is 0 Å². The van der Waals surface area contributed by atoms with Crippen molar-refractivity contribution in [3.63, 3.8) is 0 Å². The van der Waals surface area contributed by atoms with Crippen LogP contribution in [0.4, 0.5) is 17.6 Å². The number of hydrogen-bond donors (Lipinski definition) is 0. The van der Waals surface area contributed by atoms with Gasteiger partial charge in [-0.2, -0.15) is 18.1 Å². The summed E-state index contributed by atoms with van der Waals surface area (Å²) >= 11 is 0. The van der Waals surface area contributed by atoms with Gasteiger partial charge in [0, 0.05) is 0 Å². The highest BCUT2D eigenvalue weighted by molar-refractivity contribution is 5.79. The highest BCUT2D eigenvalue weighted by Gasteiger charge is 2.60. The molecule has 0 saturated carbocycles. The fourth-order valence-corrected chi connectivity index (χ4v) is 0.306. The second kappa shape index (κ2) is 3.91. The molecule has 0 bridgehead atoms. The van der Waals surface area contributed by atoms with Crippen molar-refractivity contribution in [3.8, 4) is 0 Å². The lowest BCUT2D eigenvalue weighted by Gasteiger charge is -2.19. The van der Waals surface area contributed by atoms with Crippen LogP contribution in [-0.2, 0) is 14.6 Å². The summed E-state index contributed by atoms with van der Waals surface area (Å²) in [6.07, 6.45) is -5.30. The zero-order valence-corrected chi connectivity index (χ0v) is 6.94. The molecule has 0 aliphatic carbocycles. The van der Waals surface area contributed by atoms with Crippen molar-refractivity contribution in [1.29, 1.82) is 0 Å². The summed E-state index contributed by atoms with van der Waals surface area (Å²) in [4.78, 5) is 17.9. The second-order valence-corrected chi connectivity index (χ2v) is 2.28. The van der Waals surface area contributed by atoms with Gasteiger partial charge in [-0.3, -0.25) is 4.89 Å². The number of rotatable bonds is 3. The molecular weight excluding hydrogens is 196 g/mol. The Morgan fingerprint density at radius 1 is 1.31 bits per heavy atom. The van der Waals surface area contributed by atoms with Crippen LogP contribution in [0, 0.1) is 0 Å². The van der Waals surface area contributed by atoms with Crippen LogP contribution in [0.15, 0.2) is 0 Å². The van der Waals surface area contributed by atoms with E-state index in [-0.39, 0.29) is 13.5 Å². The van der Waals surface area contributed by atoms with Gasteiger partial charge in [-0.25, -0.2) is 9.18 Å². The number of carbonyl (C=O) groups excluding carboxylic acids is 1. The van der Waals surface area contributed by atoms with Crippen LogP contribution >= 0.6 is 0 Å². The zero-order valence-electron chi connectivity index (χ0n) is 6.94. The van der Waals surface area contributed by atoms with Gasteiger partial charge in [-0.15, -0.1) is 0 Å². The summed E-state index contributed by atoms with van der Waals surface area (Å²) in [7, 11) is 0. The number of carbonyl (C=O) groups is 1. The maximum atomic E-state index is 12.6. The van der Waals surface area contributed by atoms with Crippen molar-refractivity contribution in [2.24, 2.45) is 0 Å². The molecule has 0 rings (SSSR count). The SMILES string of the molecule is CCOOC(=O)C(C)(F)C(F)(F)F. The third-order valence-electron chi connectivity index (χ3n) is 1.17. The molecule has 78 valence electrons. The molecule has 0 radical (unpaired) electrons. The molecule has 7 heteroatoms. The molecule has 1 unspecified atom stereocenters. The average molecular weight is 204 g/mol. The van der Waals surface area contributed by atoms with Crippen molar-refractivity contribution < 1.29 is 32.1 Å². The molecule has 0 aliphatic rings. The fourth-order valence-electron chi connectivity index (χ4n) is 0.306. The number of hydrogen-bond acceptors (Lipinski definition) is 3. The number of halogens is 4. The molecule has 0 amide bonds. The maximum absolute atomic E-state index is 12.6. The summed E-state index contributed by atoms with van der Waals surface area (Å²) in [5, 5.41) is 0. The molecule has 0 saturated heterocycles. The minimum atomic E-state index is -5.30. The Morgan fingerprint density at radius 2 is 1.77 bits per heavy atom. The first-order valence-corrected chi connectivity index (χ1v) is 3.33. The molecule has 0 aromatic rings. The van der Waals surface area contributed by atoms with Crippen LogP contribution in [-0.4, -0.2) is 24.4 Å². The van der Waals surface area contributed by atoms with Gasteiger partial charge in [0.1, 0.15) is 0 Å². The Kier molecular flexibility index (Phi) is 3.65. The maximum Gasteiger partial charge on any atom is 0.433 e. The van der Waals surface area contributed by atoms with Crippen LogP contribution in [0.2, 0.25) is 0 Å². The Morgan fingerprint density at radius 3 is 2.08 bits per heavy atom. The predicted octanol–water partition coefficient (Wildman–Crippen LogP) is 1.77. The van der Waals surface area contributed by atoms with Gasteiger partial charge in [-0.05, 0) is 13.8 Å². The van der Waals surface area contributed by atoms with E-state index in [1.54, 1.807) is 0 Å². The average Bonchev–Trinajstić information content (AvgIpc) is 1.97. The molecule has 13 heavy (non-hydrogen) atoms. The first kappa shape index (κ1) is 12.2. The topological polar surface area (TPSA) is 35.5 Å². The Balaban J connectivity index is 4.37. The minimum Gasteiger partial charge on any atom is -0.294 e. The standard InChI is InChI=1S/C6H8F4O3/c1-3-12-13-4(11)5(2,7)6(8,9)10/h3H2,1-2H3. The van der Waals surface area contributed by atoms with Crippen LogP contribution in [0.25, 0.3) is 0 Å². The molecule has 1 atom stereocenters. The van der Waals surface area contributed by atoms with E-state index < -0.39 is 17.8 Å². The van der Waals surface area contributed by atoms with E-state index in [4.69, 9.17) is 0 Å². The monoisotopic (exact) mass is 204 g/mol. The zero-order chi connectivity index (χ0) is 10.7. The lowest BCUT2D eigenvalue weighted by Crippen LogP contribution is -2.46. The van der Waals surface area contributed by atoms with Gasteiger partial charge in [0.05, 0.1) is 6.61 Å². The molecule has 0 spiro atoms. The van der Waals surface area contributed by atoms with E-state index in [2.05, 4.69) is 9.78 Å². The van der Waals surface area contributed by atoms with Gasteiger partial charge in [0.2, 0.25) is 0 Å². The van der Waals surface area contributed by atoms with Crippen molar-refractivity contribution in [2.45, 2.75) is 25.7 Å². The van der Waals surface area contributed by atoms with E-state index in [9.17, 15) is 22.4 Å². The van der Waals surface area contributed by atoms with Crippen LogP contribution in [0.5, 0.6) is 0 Å². The molecule has 0 aromatic heterocycles. The smallest absolute Gasteiger partial charge is 0.294 e. The highest BCUT2D eigenvalue weighted by atomic mass is 19.4. The van der Waals surface area contributed by atoms with Crippen LogP contribution in [0.1, 0.15) is 13.8 Å². The molecule has 0 aliphatic heterocycles. The van der Waals surface area contributed by atoms with E-state index in [1.807, 2.05) is 0 Å². The third kappa shape index (κ3) is 2.83. The lowest BCUT2D eigenvalue weighted by atomic mass is 10.1. The minimum absolute atomic E-state index is 0.0638. The lowest BCUT2D eigenvalue weighted by molar-refractivity contribution is -0.300. The molecule has 0 heterocycles. The van der Waals surface area contributed by atoms with Crippen molar-refractivity contribution in [1.82, 2.24) is 0 Å². The summed E-state index contributed by atoms with van der Waals surface area (Å²) in [6, 6.07) is 0. The molecule has 3 nitrogen and oxygen atoms in total. The first-order chi connectivity index (χ1) is 5.73. The van der Waals surface area contributed by atoms with E-state index in [1.165, 1.54) is 6.92 Å². The molecule has 0 aromatic carbocycles. The quantitative estimate of drug-likeness (QED) is 0.399. The largest absolute Gasteiger partial charge is 0.433 e. The van der Waals surface area contributed by atoms with Gasteiger partial charge >= 0.3 is 17.8 Å². The van der Waals surface area contributed by atoms with Crippen molar-refractivity contribution in [2.75, 3.05) is 6.61 Å². The summed E-state index contributed by atoms with van der Waals surface area (Å²) in [6.45, 7) is 1.28. The molecular formula is C6H8F4O3. The fraction of sp³-hybridized carbons (Fsp3) is 0.833. The van der Waals surface area contributed by atoms with E-state index in [0.717, 1.165) is 0 Å².